The quantitative estimate of drug-likeness (QED) is 0.670. The summed E-state index contributed by atoms with van der Waals surface area (Å²) in [6.07, 6.45) is 0. The van der Waals surface area contributed by atoms with E-state index in [1.165, 1.54) is 6.07 Å². The lowest BCUT2D eigenvalue weighted by molar-refractivity contribution is 0.170. The highest BCUT2D eigenvalue weighted by molar-refractivity contribution is 5.23. The smallest absolute Gasteiger partial charge is 0.126 e. The van der Waals surface area contributed by atoms with Crippen molar-refractivity contribution >= 4 is 0 Å². The third kappa shape index (κ3) is 3.58. The van der Waals surface area contributed by atoms with Gasteiger partial charge in [0.1, 0.15) is 5.82 Å². The first-order valence-corrected chi connectivity index (χ1v) is 4.87. The lowest BCUT2D eigenvalue weighted by Crippen LogP contribution is -2.35. The molecule has 1 aromatic rings. The minimum atomic E-state index is -0.324. The van der Waals surface area contributed by atoms with E-state index in [0.717, 1.165) is 5.56 Å². The molecule has 15 heavy (non-hydrogen) atoms. The number of nitrogens with one attached hydrogen (secondary N) is 1. The second kappa shape index (κ2) is 5.80. The van der Waals surface area contributed by atoms with Gasteiger partial charge in [-0.2, -0.15) is 0 Å². The summed E-state index contributed by atoms with van der Waals surface area (Å²) >= 11 is 0. The van der Waals surface area contributed by atoms with E-state index in [4.69, 9.17) is 10.2 Å². The third-order valence-corrected chi connectivity index (χ3v) is 2.26. The van der Waals surface area contributed by atoms with Crippen molar-refractivity contribution in [2.75, 3.05) is 13.2 Å². The van der Waals surface area contributed by atoms with Gasteiger partial charge in [-0.25, -0.2) is 4.39 Å². The Morgan fingerprint density at radius 2 is 2.00 bits per heavy atom. The number of aryl methyl sites for hydroxylation is 1. The van der Waals surface area contributed by atoms with Crippen LogP contribution >= 0.6 is 0 Å². The average molecular weight is 213 g/mol. The fourth-order valence-corrected chi connectivity index (χ4v) is 1.27. The van der Waals surface area contributed by atoms with Crippen LogP contribution in [0.15, 0.2) is 18.2 Å². The van der Waals surface area contributed by atoms with Crippen molar-refractivity contribution in [1.82, 2.24) is 5.32 Å². The van der Waals surface area contributed by atoms with Crippen molar-refractivity contribution in [3.05, 3.63) is 35.1 Å². The predicted molar refractivity (Wildman–Crippen MR) is 55.9 cm³/mol. The van der Waals surface area contributed by atoms with Crippen LogP contribution in [0.5, 0.6) is 0 Å². The molecule has 0 saturated carbocycles. The maximum absolute atomic E-state index is 12.9. The molecule has 0 aromatic heterocycles. The first-order valence-electron chi connectivity index (χ1n) is 4.87. The summed E-state index contributed by atoms with van der Waals surface area (Å²) in [4.78, 5) is 0. The van der Waals surface area contributed by atoms with Gasteiger partial charge in [-0.15, -0.1) is 0 Å². The van der Waals surface area contributed by atoms with E-state index in [0.29, 0.717) is 12.1 Å². The standard InChI is InChI=1S/C11H16FNO2/c1-8-4-9(2-3-11(8)12)5-13-10(6-14)7-15/h2-4,10,13-15H,5-7H2,1H3. The number of aliphatic hydroxyl groups excluding tert-OH is 2. The van der Waals surface area contributed by atoms with Gasteiger partial charge in [0.2, 0.25) is 0 Å². The SMILES string of the molecule is Cc1cc(CNC(CO)CO)ccc1F. The van der Waals surface area contributed by atoms with Gasteiger partial charge < -0.3 is 15.5 Å². The van der Waals surface area contributed by atoms with Crippen LogP contribution in [-0.4, -0.2) is 29.5 Å². The predicted octanol–water partition coefficient (Wildman–Crippen LogP) is 0.577. The van der Waals surface area contributed by atoms with Gasteiger partial charge in [-0.05, 0) is 24.1 Å². The van der Waals surface area contributed by atoms with Gasteiger partial charge >= 0.3 is 0 Å². The highest BCUT2D eigenvalue weighted by Gasteiger charge is 2.05. The van der Waals surface area contributed by atoms with Gasteiger partial charge in [0.05, 0.1) is 19.3 Å². The lowest BCUT2D eigenvalue weighted by Gasteiger charge is -2.13. The molecule has 84 valence electrons. The summed E-state index contributed by atoms with van der Waals surface area (Å²) in [5.74, 6) is -0.223. The van der Waals surface area contributed by atoms with Crippen molar-refractivity contribution in [2.24, 2.45) is 0 Å². The van der Waals surface area contributed by atoms with Crippen LogP contribution in [0.4, 0.5) is 4.39 Å². The normalized spacial score (nSPS) is 11.0. The van der Waals surface area contributed by atoms with Crippen LogP contribution in [0, 0.1) is 12.7 Å². The molecule has 0 aliphatic carbocycles. The first kappa shape index (κ1) is 12.1. The van der Waals surface area contributed by atoms with E-state index in [9.17, 15) is 4.39 Å². The molecule has 3 nitrogen and oxygen atoms in total. The Labute approximate surface area is 88.6 Å². The zero-order chi connectivity index (χ0) is 11.3. The summed E-state index contributed by atoms with van der Waals surface area (Å²) in [5.41, 5.74) is 1.53. The summed E-state index contributed by atoms with van der Waals surface area (Å²) in [7, 11) is 0. The lowest BCUT2D eigenvalue weighted by atomic mass is 10.1. The van der Waals surface area contributed by atoms with Crippen molar-refractivity contribution in [3.8, 4) is 0 Å². The van der Waals surface area contributed by atoms with E-state index in [2.05, 4.69) is 5.32 Å². The maximum atomic E-state index is 12.9. The molecule has 0 heterocycles. The Morgan fingerprint density at radius 3 is 2.53 bits per heavy atom. The Kier molecular flexibility index (Phi) is 4.68. The average Bonchev–Trinajstić information content (AvgIpc) is 2.24. The summed E-state index contributed by atoms with van der Waals surface area (Å²) in [6, 6.07) is 4.52. The van der Waals surface area contributed by atoms with Crippen LogP contribution in [-0.2, 0) is 6.54 Å². The van der Waals surface area contributed by atoms with E-state index >= 15 is 0 Å². The molecule has 0 bridgehead atoms. The Bertz CT molecular complexity index is 313. The molecule has 1 rings (SSSR count). The molecule has 0 aliphatic rings. The van der Waals surface area contributed by atoms with E-state index in [1.54, 1.807) is 19.1 Å². The minimum Gasteiger partial charge on any atom is -0.395 e. The fourth-order valence-electron chi connectivity index (χ4n) is 1.27. The fraction of sp³-hybridized carbons (Fsp3) is 0.455. The molecule has 0 fully saturated rings. The van der Waals surface area contributed by atoms with Crippen LogP contribution in [0.3, 0.4) is 0 Å². The molecular formula is C11H16FNO2. The first-order chi connectivity index (χ1) is 7.17. The number of hydrogen-bond acceptors (Lipinski definition) is 3. The van der Waals surface area contributed by atoms with E-state index in [-0.39, 0.29) is 25.1 Å². The number of benzene rings is 1. The Balaban J connectivity index is 2.54. The van der Waals surface area contributed by atoms with E-state index in [1.807, 2.05) is 0 Å². The number of hydrogen-bond donors (Lipinski definition) is 3. The zero-order valence-electron chi connectivity index (χ0n) is 8.70. The zero-order valence-corrected chi connectivity index (χ0v) is 8.70. The highest BCUT2D eigenvalue weighted by atomic mass is 19.1. The molecule has 4 heteroatoms. The van der Waals surface area contributed by atoms with E-state index < -0.39 is 0 Å². The summed E-state index contributed by atoms with van der Waals surface area (Å²) in [6.45, 7) is 1.98. The highest BCUT2D eigenvalue weighted by Crippen LogP contribution is 2.08. The summed E-state index contributed by atoms with van der Waals surface area (Å²) in [5, 5.41) is 20.6. The van der Waals surface area contributed by atoms with Gasteiger partial charge in [-0.1, -0.05) is 12.1 Å². The molecule has 0 unspecified atom stereocenters. The number of aliphatic hydroxyl groups is 2. The number of halogens is 1. The monoisotopic (exact) mass is 213 g/mol. The van der Waals surface area contributed by atoms with Gasteiger partial charge in [0, 0.05) is 6.54 Å². The molecule has 0 saturated heterocycles. The maximum Gasteiger partial charge on any atom is 0.126 e. The van der Waals surface area contributed by atoms with Crippen molar-refractivity contribution in [2.45, 2.75) is 19.5 Å². The van der Waals surface area contributed by atoms with Crippen LogP contribution in [0.2, 0.25) is 0 Å². The second-order valence-corrected chi connectivity index (χ2v) is 3.53. The summed E-state index contributed by atoms with van der Waals surface area (Å²) < 4.78 is 12.9. The van der Waals surface area contributed by atoms with Crippen molar-refractivity contribution in [3.63, 3.8) is 0 Å². The molecular weight excluding hydrogens is 197 g/mol. The van der Waals surface area contributed by atoms with Gasteiger partial charge in [0.15, 0.2) is 0 Å². The molecule has 1 aromatic carbocycles. The minimum absolute atomic E-state index is 0.114. The number of rotatable bonds is 5. The molecule has 0 spiro atoms. The third-order valence-electron chi connectivity index (χ3n) is 2.26. The second-order valence-electron chi connectivity index (χ2n) is 3.53. The molecule has 0 radical (unpaired) electrons. The molecule has 0 aliphatic heterocycles. The van der Waals surface area contributed by atoms with Crippen molar-refractivity contribution in [1.29, 1.82) is 0 Å². The van der Waals surface area contributed by atoms with Crippen LogP contribution in [0.25, 0.3) is 0 Å². The van der Waals surface area contributed by atoms with Gasteiger partial charge in [-0.3, -0.25) is 0 Å². The largest absolute Gasteiger partial charge is 0.395 e. The van der Waals surface area contributed by atoms with Crippen LogP contribution in [0.1, 0.15) is 11.1 Å². The molecule has 0 atom stereocenters. The Hall–Kier alpha value is -0.970. The van der Waals surface area contributed by atoms with Gasteiger partial charge in [0.25, 0.3) is 0 Å². The molecule has 0 amide bonds. The van der Waals surface area contributed by atoms with Crippen LogP contribution < -0.4 is 5.32 Å². The topological polar surface area (TPSA) is 52.5 Å². The van der Waals surface area contributed by atoms with Crippen molar-refractivity contribution < 1.29 is 14.6 Å². The Morgan fingerprint density at radius 1 is 1.33 bits per heavy atom. The molecule has 3 N–H and O–H groups in total.